The van der Waals surface area contributed by atoms with E-state index in [4.69, 9.17) is 5.73 Å². The monoisotopic (exact) mass is 314 g/mol. The van der Waals surface area contributed by atoms with Crippen LogP contribution in [-0.2, 0) is 14.4 Å². The van der Waals surface area contributed by atoms with Crippen LogP contribution in [0.4, 0.5) is 0 Å². The van der Waals surface area contributed by atoms with E-state index in [1.807, 2.05) is 20.8 Å². The van der Waals surface area contributed by atoms with Gasteiger partial charge in [-0.3, -0.25) is 19.3 Å². The van der Waals surface area contributed by atoms with E-state index in [2.05, 4.69) is 0 Å². The number of imide groups is 1. The zero-order valence-corrected chi connectivity index (χ0v) is 14.5. The molecule has 0 aromatic rings. The Bertz CT molecular complexity index is 449. The summed E-state index contributed by atoms with van der Waals surface area (Å²) in [6.07, 6.45) is 0.148. The number of likely N-dealkylation sites (tertiary alicyclic amines) is 1. The Morgan fingerprint density at radius 2 is 1.81 bits per heavy atom. The molecule has 1 unspecified atom stereocenters. The van der Waals surface area contributed by atoms with E-state index < -0.39 is 16.7 Å². The van der Waals surface area contributed by atoms with Gasteiger partial charge in [0, 0.05) is 23.1 Å². The third kappa shape index (κ3) is 4.30. The maximum atomic E-state index is 12.5. The Labute approximate surface area is 131 Å². The fourth-order valence-corrected chi connectivity index (χ4v) is 3.59. The highest BCUT2D eigenvalue weighted by atomic mass is 32.2. The third-order valence-electron chi connectivity index (χ3n) is 3.21. The number of rotatable bonds is 4. The van der Waals surface area contributed by atoms with Gasteiger partial charge in [-0.15, -0.1) is 11.8 Å². The zero-order chi connectivity index (χ0) is 16.6. The predicted octanol–water partition coefficient (Wildman–Crippen LogP) is 1.59. The Morgan fingerprint density at radius 3 is 2.19 bits per heavy atom. The number of carbonyl (C=O) groups is 3. The summed E-state index contributed by atoms with van der Waals surface area (Å²) in [6, 6.07) is -0.851. The molecule has 2 N–H and O–H groups in total. The highest BCUT2D eigenvalue weighted by Crippen LogP contribution is 2.36. The summed E-state index contributed by atoms with van der Waals surface area (Å²) in [5.41, 5.74) is 5.03. The molecule has 1 heterocycles. The number of amides is 2. The van der Waals surface area contributed by atoms with Crippen molar-refractivity contribution in [2.45, 2.75) is 64.0 Å². The smallest absolute Gasteiger partial charge is 0.243 e. The molecule has 0 bridgehead atoms. The van der Waals surface area contributed by atoms with E-state index in [1.165, 1.54) is 11.8 Å². The molecular weight excluding hydrogens is 288 g/mol. The van der Waals surface area contributed by atoms with Gasteiger partial charge in [0.15, 0.2) is 5.78 Å². The Kier molecular flexibility index (Phi) is 5.26. The number of nitrogens with two attached hydrogens (primary N) is 1. The lowest BCUT2D eigenvalue weighted by Crippen LogP contribution is -2.52. The third-order valence-corrected chi connectivity index (χ3v) is 4.57. The summed E-state index contributed by atoms with van der Waals surface area (Å²) in [7, 11) is 0. The van der Waals surface area contributed by atoms with Gasteiger partial charge in [-0.1, -0.05) is 41.5 Å². The quantitative estimate of drug-likeness (QED) is 0.797. The number of nitrogens with zero attached hydrogens (tertiary/aromatic N) is 1. The first-order chi connectivity index (χ1) is 9.38. The van der Waals surface area contributed by atoms with Crippen LogP contribution in [0.1, 0.15) is 48.0 Å². The van der Waals surface area contributed by atoms with Gasteiger partial charge in [0.05, 0.1) is 5.25 Å². The second kappa shape index (κ2) is 6.08. The minimum Gasteiger partial charge on any atom is -0.328 e. The molecule has 2 amide bonds. The van der Waals surface area contributed by atoms with Crippen molar-refractivity contribution >= 4 is 29.4 Å². The van der Waals surface area contributed by atoms with Gasteiger partial charge >= 0.3 is 0 Å². The average molecular weight is 314 g/mol. The number of ketones is 1. The van der Waals surface area contributed by atoms with Crippen LogP contribution in [0.5, 0.6) is 0 Å². The van der Waals surface area contributed by atoms with Crippen LogP contribution in [0, 0.1) is 5.41 Å². The second-order valence-corrected chi connectivity index (χ2v) is 9.42. The molecule has 1 aliphatic rings. The van der Waals surface area contributed by atoms with Crippen LogP contribution in [0.15, 0.2) is 0 Å². The Hall–Kier alpha value is -0.880. The van der Waals surface area contributed by atoms with Crippen molar-refractivity contribution in [2.75, 3.05) is 6.54 Å². The molecule has 0 radical (unpaired) electrons. The van der Waals surface area contributed by atoms with Crippen molar-refractivity contribution in [2.24, 2.45) is 11.1 Å². The maximum Gasteiger partial charge on any atom is 0.243 e. The minimum absolute atomic E-state index is 0.0273. The molecule has 120 valence electrons. The van der Waals surface area contributed by atoms with Gasteiger partial charge in [0.1, 0.15) is 6.04 Å². The average Bonchev–Trinajstić information content (AvgIpc) is 2.54. The van der Waals surface area contributed by atoms with Crippen LogP contribution >= 0.6 is 11.8 Å². The minimum atomic E-state index is -0.851. The van der Waals surface area contributed by atoms with Crippen LogP contribution in [0.25, 0.3) is 0 Å². The van der Waals surface area contributed by atoms with Crippen LogP contribution in [-0.4, -0.2) is 45.1 Å². The largest absolute Gasteiger partial charge is 0.328 e. The lowest BCUT2D eigenvalue weighted by atomic mass is 9.86. The molecular formula is C15H26N2O3S. The van der Waals surface area contributed by atoms with E-state index >= 15 is 0 Å². The van der Waals surface area contributed by atoms with Gasteiger partial charge in [0.25, 0.3) is 0 Å². The molecule has 6 heteroatoms. The van der Waals surface area contributed by atoms with Crippen molar-refractivity contribution in [3.05, 3.63) is 0 Å². The number of hydrogen-bond donors (Lipinski definition) is 1. The lowest BCUT2D eigenvalue weighted by Gasteiger charge is -2.30. The lowest BCUT2D eigenvalue weighted by molar-refractivity contribution is -0.148. The summed E-state index contributed by atoms with van der Waals surface area (Å²) < 4.78 is -0.122. The van der Waals surface area contributed by atoms with Crippen LogP contribution in [0.2, 0.25) is 0 Å². The predicted molar refractivity (Wildman–Crippen MR) is 84.9 cm³/mol. The summed E-state index contributed by atoms with van der Waals surface area (Å²) >= 11 is 1.46. The summed E-state index contributed by atoms with van der Waals surface area (Å²) in [5.74, 6) is -0.754. The van der Waals surface area contributed by atoms with Crippen molar-refractivity contribution in [3.63, 3.8) is 0 Å². The van der Waals surface area contributed by atoms with E-state index in [-0.39, 0.29) is 35.3 Å². The first kappa shape index (κ1) is 18.2. The van der Waals surface area contributed by atoms with Crippen molar-refractivity contribution in [3.8, 4) is 0 Å². The van der Waals surface area contributed by atoms with E-state index in [9.17, 15) is 14.4 Å². The highest BCUT2D eigenvalue weighted by molar-refractivity contribution is 8.01. The van der Waals surface area contributed by atoms with E-state index in [0.717, 1.165) is 4.90 Å². The van der Waals surface area contributed by atoms with Crippen molar-refractivity contribution in [1.29, 1.82) is 0 Å². The summed E-state index contributed by atoms with van der Waals surface area (Å²) in [4.78, 5) is 38.2. The molecule has 1 fully saturated rings. The zero-order valence-electron chi connectivity index (χ0n) is 13.7. The van der Waals surface area contributed by atoms with Crippen LogP contribution in [0.3, 0.4) is 0 Å². The molecule has 21 heavy (non-hydrogen) atoms. The van der Waals surface area contributed by atoms with Gasteiger partial charge in [-0.2, -0.15) is 0 Å². The number of Topliss-reactive ketones (excluding diaryl/α,β-unsaturated/α-hetero) is 1. The fourth-order valence-electron chi connectivity index (χ4n) is 2.30. The normalized spacial score (nSPS) is 21.9. The van der Waals surface area contributed by atoms with Gasteiger partial charge in [-0.05, 0) is 0 Å². The molecule has 0 aromatic carbocycles. The number of hydrogen-bond acceptors (Lipinski definition) is 5. The topological polar surface area (TPSA) is 80.5 Å². The first-order valence-corrected chi connectivity index (χ1v) is 8.04. The molecule has 0 aliphatic carbocycles. The number of carbonyl (C=O) groups excluding carboxylic acids is 3. The van der Waals surface area contributed by atoms with Gasteiger partial charge in [-0.25, -0.2) is 0 Å². The summed E-state index contributed by atoms with van der Waals surface area (Å²) in [6.45, 7) is 11.3. The summed E-state index contributed by atoms with van der Waals surface area (Å²) in [5, 5.41) is -0.417. The molecule has 1 aliphatic heterocycles. The van der Waals surface area contributed by atoms with Gasteiger partial charge in [0.2, 0.25) is 11.8 Å². The maximum absolute atomic E-state index is 12.5. The second-order valence-electron chi connectivity index (χ2n) is 7.39. The standard InChI is InChI=1S/C15H26N2O3S/c1-14(2,3)12(19)9(8-16)17-11(18)7-10(13(17)20)21-15(4,5)6/h9-10H,7-8,16H2,1-6H3/t9?,10-/m1/s1. The molecule has 0 aromatic heterocycles. The Balaban J connectivity index is 2.99. The molecule has 5 nitrogen and oxygen atoms in total. The Morgan fingerprint density at radius 1 is 1.29 bits per heavy atom. The number of thioether (sulfide) groups is 1. The first-order valence-electron chi connectivity index (χ1n) is 7.16. The molecule has 0 spiro atoms. The SMILES string of the molecule is CC(C)(C)S[C@@H]1CC(=O)N(C(CN)C(=O)C(C)(C)C)C1=O. The van der Waals surface area contributed by atoms with Gasteiger partial charge < -0.3 is 5.73 Å². The molecule has 1 rings (SSSR count). The fraction of sp³-hybridized carbons (Fsp3) is 0.800. The molecule has 0 saturated carbocycles. The van der Waals surface area contributed by atoms with Crippen molar-refractivity contribution in [1.82, 2.24) is 4.90 Å². The molecule has 2 atom stereocenters. The van der Waals surface area contributed by atoms with E-state index in [1.54, 1.807) is 20.8 Å². The molecule has 1 saturated heterocycles. The highest BCUT2D eigenvalue weighted by Gasteiger charge is 2.47. The van der Waals surface area contributed by atoms with Crippen LogP contribution < -0.4 is 5.73 Å². The van der Waals surface area contributed by atoms with Crippen molar-refractivity contribution < 1.29 is 14.4 Å². The van der Waals surface area contributed by atoms with E-state index in [0.29, 0.717) is 0 Å².